The Morgan fingerprint density at radius 1 is 1.24 bits per heavy atom. The van der Waals surface area contributed by atoms with Crippen LogP contribution in [0.3, 0.4) is 0 Å². The summed E-state index contributed by atoms with van der Waals surface area (Å²) in [6.07, 6.45) is 5.59. The van der Waals surface area contributed by atoms with Crippen LogP contribution in [0.5, 0.6) is 0 Å². The Bertz CT molecular complexity index is 1050. The van der Waals surface area contributed by atoms with Crippen LogP contribution in [-0.2, 0) is 6.42 Å². The molecular weight excluding hydrogens is 316 g/mol. The Labute approximate surface area is 144 Å². The minimum atomic E-state index is -1.07. The second kappa shape index (κ2) is 6.73. The summed E-state index contributed by atoms with van der Waals surface area (Å²) < 4.78 is 1.30. The lowest BCUT2D eigenvalue weighted by Gasteiger charge is -2.07. The Kier molecular flexibility index (Phi) is 4.48. The Balaban J connectivity index is 2.14. The molecule has 1 aromatic carbocycles. The molecule has 5 nitrogen and oxygen atoms in total. The maximum Gasteiger partial charge on any atom is 0.337 e. The highest BCUT2D eigenvalue weighted by atomic mass is 16.4. The zero-order valence-electron chi connectivity index (χ0n) is 14.1. The fraction of sp³-hybridized carbons (Fsp3) is 0.150. The van der Waals surface area contributed by atoms with E-state index in [1.165, 1.54) is 16.7 Å². The molecule has 0 aliphatic rings. The molecule has 0 unspecified atom stereocenters. The second-order valence-corrected chi connectivity index (χ2v) is 5.83. The summed E-state index contributed by atoms with van der Waals surface area (Å²) >= 11 is 0. The minimum absolute atomic E-state index is 0.0569. The Morgan fingerprint density at radius 3 is 2.72 bits per heavy atom. The summed E-state index contributed by atoms with van der Waals surface area (Å²) in [7, 11) is 0. The van der Waals surface area contributed by atoms with Gasteiger partial charge < -0.3 is 5.11 Å². The van der Waals surface area contributed by atoms with Crippen molar-refractivity contribution in [2.45, 2.75) is 20.3 Å². The van der Waals surface area contributed by atoms with Crippen molar-refractivity contribution >= 4 is 23.8 Å². The van der Waals surface area contributed by atoms with E-state index in [-0.39, 0.29) is 11.1 Å². The lowest BCUT2D eigenvalue weighted by atomic mass is 10.1. The molecule has 126 valence electrons. The number of rotatable bonds is 4. The van der Waals surface area contributed by atoms with Crippen LogP contribution >= 0.6 is 0 Å². The van der Waals surface area contributed by atoms with Gasteiger partial charge in [0, 0.05) is 11.8 Å². The first-order chi connectivity index (χ1) is 12.0. The summed E-state index contributed by atoms with van der Waals surface area (Å²) in [6, 6.07) is 11.0. The highest BCUT2D eigenvalue weighted by molar-refractivity contribution is 5.87. The van der Waals surface area contributed by atoms with Gasteiger partial charge >= 0.3 is 5.97 Å². The summed E-state index contributed by atoms with van der Waals surface area (Å²) in [6.45, 7) is 3.91. The first-order valence-electron chi connectivity index (χ1n) is 8.03. The van der Waals surface area contributed by atoms with E-state index in [1.807, 2.05) is 44.2 Å². The van der Waals surface area contributed by atoms with Crippen LogP contribution in [0.2, 0.25) is 0 Å². The predicted octanol–water partition coefficient (Wildman–Crippen LogP) is 3.43. The molecule has 0 saturated heterocycles. The minimum Gasteiger partial charge on any atom is -0.478 e. The van der Waals surface area contributed by atoms with Crippen LogP contribution in [0, 0.1) is 6.92 Å². The summed E-state index contributed by atoms with van der Waals surface area (Å²) in [4.78, 5) is 28.4. The number of aromatic carboxylic acids is 1. The van der Waals surface area contributed by atoms with E-state index in [0.717, 1.165) is 11.1 Å². The van der Waals surface area contributed by atoms with Crippen molar-refractivity contribution in [3.05, 3.63) is 80.9 Å². The van der Waals surface area contributed by atoms with Crippen molar-refractivity contribution in [3.63, 3.8) is 0 Å². The monoisotopic (exact) mass is 334 g/mol. The van der Waals surface area contributed by atoms with Gasteiger partial charge in [-0.2, -0.15) is 0 Å². The molecular formula is C20H18N2O3. The third-order valence-corrected chi connectivity index (χ3v) is 4.02. The summed E-state index contributed by atoms with van der Waals surface area (Å²) in [5, 5.41) is 9.10. The zero-order chi connectivity index (χ0) is 18.0. The van der Waals surface area contributed by atoms with Gasteiger partial charge in [-0.15, -0.1) is 0 Å². The summed E-state index contributed by atoms with van der Waals surface area (Å²) in [5.41, 5.74) is 3.61. The van der Waals surface area contributed by atoms with E-state index >= 15 is 0 Å². The molecule has 0 radical (unpaired) electrons. The highest BCUT2D eigenvalue weighted by Gasteiger charge is 2.11. The van der Waals surface area contributed by atoms with Crippen LogP contribution in [0.4, 0.5) is 0 Å². The van der Waals surface area contributed by atoms with Crippen molar-refractivity contribution in [1.82, 2.24) is 9.38 Å². The van der Waals surface area contributed by atoms with E-state index in [4.69, 9.17) is 5.11 Å². The standard InChI is InChI=1S/C20H18N2O3/c1-3-16-17(9-7-14-6-4-5-13(2)11-14)21-18-10-8-15(20(24)25)12-22(18)19(16)23/h4-12H,3H2,1-2H3,(H,24,25)/b9-7+. The van der Waals surface area contributed by atoms with Gasteiger partial charge in [-0.3, -0.25) is 9.20 Å². The number of hydrogen-bond donors (Lipinski definition) is 1. The number of nitrogens with zero attached hydrogens (tertiary/aromatic N) is 2. The van der Waals surface area contributed by atoms with Crippen LogP contribution in [0.1, 0.15) is 39.7 Å². The molecule has 0 fully saturated rings. The van der Waals surface area contributed by atoms with E-state index in [1.54, 1.807) is 6.07 Å². The molecule has 2 heterocycles. The van der Waals surface area contributed by atoms with Crippen LogP contribution < -0.4 is 5.56 Å². The number of aromatic nitrogens is 2. The average molecular weight is 334 g/mol. The molecule has 0 spiro atoms. The molecule has 3 rings (SSSR count). The molecule has 0 aliphatic heterocycles. The number of aryl methyl sites for hydroxylation is 1. The second-order valence-electron chi connectivity index (χ2n) is 5.83. The Hall–Kier alpha value is -3.21. The molecule has 1 N–H and O–H groups in total. The Morgan fingerprint density at radius 2 is 2.04 bits per heavy atom. The molecule has 0 bridgehead atoms. The van der Waals surface area contributed by atoms with Gasteiger partial charge in [0.05, 0.1) is 11.3 Å². The van der Waals surface area contributed by atoms with Crippen molar-refractivity contribution in [1.29, 1.82) is 0 Å². The molecule has 3 aromatic rings. The van der Waals surface area contributed by atoms with Crippen molar-refractivity contribution < 1.29 is 9.90 Å². The van der Waals surface area contributed by atoms with Gasteiger partial charge in [-0.1, -0.05) is 42.8 Å². The zero-order valence-corrected chi connectivity index (χ0v) is 14.1. The fourth-order valence-electron chi connectivity index (χ4n) is 2.74. The molecule has 0 amide bonds. The van der Waals surface area contributed by atoms with Gasteiger partial charge in [0.25, 0.3) is 5.56 Å². The SMILES string of the molecule is CCc1c(/C=C/c2cccc(C)c2)nc2ccc(C(=O)O)cn2c1=O. The van der Waals surface area contributed by atoms with E-state index in [2.05, 4.69) is 11.1 Å². The molecule has 25 heavy (non-hydrogen) atoms. The van der Waals surface area contributed by atoms with Gasteiger partial charge in [-0.05, 0) is 37.1 Å². The normalized spacial score (nSPS) is 11.3. The van der Waals surface area contributed by atoms with Crippen molar-refractivity contribution in [3.8, 4) is 0 Å². The lowest BCUT2D eigenvalue weighted by Crippen LogP contribution is -2.22. The number of carboxylic acids is 1. The highest BCUT2D eigenvalue weighted by Crippen LogP contribution is 2.13. The maximum atomic E-state index is 12.7. The fourth-order valence-corrected chi connectivity index (χ4v) is 2.74. The van der Waals surface area contributed by atoms with Crippen molar-refractivity contribution in [2.24, 2.45) is 0 Å². The van der Waals surface area contributed by atoms with Gasteiger partial charge in [-0.25, -0.2) is 9.78 Å². The molecule has 0 aliphatic carbocycles. The van der Waals surface area contributed by atoms with Gasteiger partial charge in [0.2, 0.25) is 0 Å². The van der Waals surface area contributed by atoms with Gasteiger partial charge in [0.1, 0.15) is 5.65 Å². The molecule has 0 atom stereocenters. The van der Waals surface area contributed by atoms with Crippen LogP contribution in [-0.4, -0.2) is 20.5 Å². The smallest absolute Gasteiger partial charge is 0.337 e. The average Bonchev–Trinajstić information content (AvgIpc) is 2.60. The van der Waals surface area contributed by atoms with E-state index in [0.29, 0.717) is 23.3 Å². The number of carboxylic acid groups (broad SMARTS) is 1. The van der Waals surface area contributed by atoms with E-state index < -0.39 is 5.97 Å². The predicted molar refractivity (Wildman–Crippen MR) is 97.9 cm³/mol. The number of pyridine rings is 1. The first kappa shape index (κ1) is 16.6. The van der Waals surface area contributed by atoms with Crippen LogP contribution in [0.15, 0.2) is 47.4 Å². The third kappa shape index (κ3) is 3.35. The number of carbonyl (C=O) groups is 1. The lowest BCUT2D eigenvalue weighted by molar-refractivity contribution is 0.0696. The largest absolute Gasteiger partial charge is 0.478 e. The number of hydrogen-bond acceptors (Lipinski definition) is 3. The number of fused-ring (bicyclic) bond motifs is 1. The summed E-state index contributed by atoms with van der Waals surface area (Å²) in [5.74, 6) is -1.07. The topological polar surface area (TPSA) is 71.7 Å². The quantitative estimate of drug-likeness (QED) is 0.793. The van der Waals surface area contributed by atoms with Gasteiger partial charge in [0.15, 0.2) is 0 Å². The number of benzene rings is 1. The maximum absolute atomic E-state index is 12.7. The van der Waals surface area contributed by atoms with Crippen molar-refractivity contribution in [2.75, 3.05) is 0 Å². The van der Waals surface area contributed by atoms with Crippen LogP contribution in [0.25, 0.3) is 17.8 Å². The molecule has 0 saturated carbocycles. The first-order valence-corrected chi connectivity index (χ1v) is 8.03. The molecule has 2 aromatic heterocycles. The molecule has 5 heteroatoms. The third-order valence-electron chi connectivity index (χ3n) is 4.02. The van der Waals surface area contributed by atoms with E-state index in [9.17, 15) is 9.59 Å².